The molecule has 1 amide bonds. The fourth-order valence-electron chi connectivity index (χ4n) is 4.17. The summed E-state index contributed by atoms with van der Waals surface area (Å²) in [6, 6.07) is 0. The molecule has 126 valence electrons. The third-order valence-corrected chi connectivity index (χ3v) is 5.58. The van der Waals surface area contributed by atoms with E-state index in [0.29, 0.717) is 6.54 Å². The van der Waals surface area contributed by atoms with Gasteiger partial charge >= 0.3 is 0 Å². The SMILES string of the molecule is O=C(CN1CCCC1)N1CCN(CC2(O)CCCCC2)CC1. The first-order chi connectivity index (χ1) is 10.6. The van der Waals surface area contributed by atoms with Gasteiger partial charge in [-0.1, -0.05) is 19.3 Å². The second-order valence-electron chi connectivity index (χ2n) is 7.43. The molecule has 22 heavy (non-hydrogen) atoms. The molecule has 0 unspecified atom stereocenters. The van der Waals surface area contributed by atoms with Crippen molar-refractivity contribution in [2.24, 2.45) is 0 Å². The number of amides is 1. The van der Waals surface area contributed by atoms with Gasteiger partial charge in [-0.3, -0.25) is 14.6 Å². The van der Waals surface area contributed by atoms with E-state index in [1.165, 1.54) is 19.3 Å². The number of hydrogen-bond acceptors (Lipinski definition) is 4. The molecular formula is C17H31N3O2. The molecule has 3 fully saturated rings. The lowest BCUT2D eigenvalue weighted by Crippen LogP contribution is -2.54. The lowest BCUT2D eigenvalue weighted by Gasteiger charge is -2.41. The fourth-order valence-corrected chi connectivity index (χ4v) is 4.17. The Hall–Kier alpha value is -0.650. The van der Waals surface area contributed by atoms with E-state index < -0.39 is 5.60 Å². The first-order valence-corrected chi connectivity index (χ1v) is 9.10. The molecule has 0 bridgehead atoms. The fraction of sp³-hybridized carbons (Fsp3) is 0.941. The van der Waals surface area contributed by atoms with Crippen LogP contribution in [0.2, 0.25) is 0 Å². The molecule has 5 heteroatoms. The molecule has 0 atom stereocenters. The van der Waals surface area contributed by atoms with Crippen LogP contribution in [0.3, 0.4) is 0 Å². The zero-order chi connectivity index (χ0) is 15.4. The summed E-state index contributed by atoms with van der Waals surface area (Å²) in [4.78, 5) is 19.0. The van der Waals surface area contributed by atoms with Crippen molar-refractivity contribution in [1.82, 2.24) is 14.7 Å². The molecule has 2 heterocycles. The number of aliphatic hydroxyl groups is 1. The Morgan fingerprint density at radius 2 is 1.45 bits per heavy atom. The van der Waals surface area contributed by atoms with Gasteiger partial charge < -0.3 is 10.0 Å². The monoisotopic (exact) mass is 309 g/mol. The molecule has 5 nitrogen and oxygen atoms in total. The Morgan fingerprint density at radius 1 is 0.818 bits per heavy atom. The highest BCUT2D eigenvalue weighted by Crippen LogP contribution is 2.29. The van der Waals surface area contributed by atoms with Crippen molar-refractivity contribution in [3.63, 3.8) is 0 Å². The number of rotatable bonds is 4. The van der Waals surface area contributed by atoms with E-state index in [9.17, 15) is 9.90 Å². The zero-order valence-electron chi connectivity index (χ0n) is 13.8. The summed E-state index contributed by atoms with van der Waals surface area (Å²) in [5, 5.41) is 10.7. The van der Waals surface area contributed by atoms with Crippen LogP contribution in [-0.2, 0) is 4.79 Å². The van der Waals surface area contributed by atoms with Crippen molar-refractivity contribution in [3.8, 4) is 0 Å². The number of β-amino-alcohol motifs (C(OH)–C–C–N with tert-alkyl or cyclic N) is 1. The standard InChI is InChI=1S/C17H31N3O2/c21-16(14-18-8-4-5-9-18)20-12-10-19(11-13-20)15-17(22)6-2-1-3-7-17/h22H,1-15H2. The maximum absolute atomic E-state index is 12.3. The quantitative estimate of drug-likeness (QED) is 0.839. The number of hydrogen-bond donors (Lipinski definition) is 1. The van der Waals surface area contributed by atoms with Crippen LogP contribution in [0.25, 0.3) is 0 Å². The van der Waals surface area contributed by atoms with Gasteiger partial charge in [0.25, 0.3) is 0 Å². The van der Waals surface area contributed by atoms with Gasteiger partial charge in [-0.15, -0.1) is 0 Å². The molecule has 0 aromatic carbocycles. The van der Waals surface area contributed by atoms with E-state index in [0.717, 1.165) is 71.5 Å². The number of carbonyl (C=O) groups is 1. The summed E-state index contributed by atoms with van der Waals surface area (Å²) in [7, 11) is 0. The van der Waals surface area contributed by atoms with Crippen LogP contribution < -0.4 is 0 Å². The predicted octanol–water partition coefficient (Wildman–Crippen LogP) is 0.922. The van der Waals surface area contributed by atoms with Crippen LogP contribution in [0, 0.1) is 0 Å². The maximum Gasteiger partial charge on any atom is 0.236 e. The molecule has 1 saturated carbocycles. The van der Waals surface area contributed by atoms with E-state index in [1.807, 2.05) is 4.90 Å². The Kier molecular flexibility index (Phi) is 5.37. The van der Waals surface area contributed by atoms with Crippen LogP contribution in [0.4, 0.5) is 0 Å². The molecule has 0 aromatic rings. The van der Waals surface area contributed by atoms with Gasteiger partial charge in [-0.2, -0.15) is 0 Å². The van der Waals surface area contributed by atoms with Gasteiger partial charge in [0.05, 0.1) is 12.1 Å². The summed E-state index contributed by atoms with van der Waals surface area (Å²) < 4.78 is 0. The molecule has 1 N–H and O–H groups in total. The lowest BCUT2D eigenvalue weighted by molar-refractivity contribution is -0.134. The minimum atomic E-state index is -0.472. The van der Waals surface area contributed by atoms with E-state index in [1.54, 1.807) is 0 Å². The first kappa shape index (κ1) is 16.2. The third-order valence-electron chi connectivity index (χ3n) is 5.58. The molecule has 3 aliphatic rings. The van der Waals surface area contributed by atoms with Crippen LogP contribution in [0.1, 0.15) is 44.9 Å². The largest absolute Gasteiger partial charge is 0.389 e. The summed E-state index contributed by atoms with van der Waals surface area (Å²) in [6.07, 6.45) is 7.94. The van der Waals surface area contributed by atoms with E-state index >= 15 is 0 Å². The lowest BCUT2D eigenvalue weighted by atomic mass is 9.84. The smallest absolute Gasteiger partial charge is 0.236 e. The highest BCUT2D eigenvalue weighted by atomic mass is 16.3. The highest BCUT2D eigenvalue weighted by Gasteiger charge is 2.33. The molecule has 2 aliphatic heterocycles. The zero-order valence-corrected chi connectivity index (χ0v) is 13.8. The van der Waals surface area contributed by atoms with Crippen molar-refractivity contribution in [2.75, 3.05) is 52.4 Å². The van der Waals surface area contributed by atoms with E-state index in [4.69, 9.17) is 0 Å². The minimum absolute atomic E-state index is 0.290. The van der Waals surface area contributed by atoms with Crippen molar-refractivity contribution in [3.05, 3.63) is 0 Å². The second kappa shape index (κ2) is 7.28. The van der Waals surface area contributed by atoms with Crippen LogP contribution in [0.5, 0.6) is 0 Å². The van der Waals surface area contributed by atoms with Crippen molar-refractivity contribution < 1.29 is 9.90 Å². The maximum atomic E-state index is 12.3. The number of likely N-dealkylation sites (tertiary alicyclic amines) is 1. The third kappa shape index (κ3) is 4.21. The summed E-state index contributed by atoms with van der Waals surface area (Å²) in [6.45, 7) is 7.02. The average Bonchev–Trinajstić information content (AvgIpc) is 3.01. The molecule has 3 rings (SSSR count). The first-order valence-electron chi connectivity index (χ1n) is 9.10. The summed E-state index contributed by atoms with van der Waals surface area (Å²) in [5.74, 6) is 0.290. The molecule has 1 aliphatic carbocycles. The van der Waals surface area contributed by atoms with Crippen LogP contribution >= 0.6 is 0 Å². The van der Waals surface area contributed by atoms with E-state index in [-0.39, 0.29) is 5.91 Å². The van der Waals surface area contributed by atoms with Crippen molar-refractivity contribution in [2.45, 2.75) is 50.5 Å². The highest BCUT2D eigenvalue weighted by molar-refractivity contribution is 5.78. The predicted molar refractivity (Wildman–Crippen MR) is 86.7 cm³/mol. The van der Waals surface area contributed by atoms with Crippen molar-refractivity contribution in [1.29, 1.82) is 0 Å². The van der Waals surface area contributed by atoms with Gasteiger partial charge in [0.15, 0.2) is 0 Å². The summed E-state index contributed by atoms with van der Waals surface area (Å²) in [5.41, 5.74) is -0.472. The number of carbonyl (C=O) groups excluding carboxylic acids is 1. The molecular weight excluding hydrogens is 278 g/mol. The topological polar surface area (TPSA) is 47.0 Å². The Bertz CT molecular complexity index is 368. The summed E-state index contributed by atoms with van der Waals surface area (Å²) >= 11 is 0. The number of piperazine rings is 1. The Morgan fingerprint density at radius 3 is 2.09 bits per heavy atom. The Labute approximate surface area is 134 Å². The molecule has 0 aromatic heterocycles. The Balaban J connectivity index is 1.40. The number of nitrogens with zero attached hydrogens (tertiary/aromatic N) is 3. The van der Waals surface area contributed by atoms with E-state index in [2.05, 4.69) is 9.80 Å². The molecule has 0 spiro atoms. The molecule has 2 saturated heterocycles. The normalized spacial score (nSPS) is 27.2. The average molecular weight is 309 g/mol. The molecule has 0 radical (unpaired) electrons. The second-order valence-corrected chi connectivity index (χ2v) is 7.43. The van der Waals surface area contributed by atoms with Gasteiger partial charge in [0.1, 0.15) is 0 Å². The van der Waals surface area contributed by atoms with Gasteiger partial charge in [-0.05, 0) is 38.8 Å². The minimum Gasteiger partial charge on any atom is -0.389 e. The van der Waals surface area contributed by atoms with Gasteiger partial charge in [0.2, 0.25) is 5.91 Å². The van der Waals surface area contributed by atoms with Crippen molar-refractivity contribution >= 4 is 5.91 Å². The van der Waals surface area contributed by atoms with Gasteiger partial charge in [0, 0.05) is 32.7 Å². The van der Waals surface area contributed by atoms with Gasteiger partial charge in [-0.25, -0.2) is 0 Å². The van der Waals surface area contributed by atoms with Crippen LogP contribution in [-0.4, -0.2) is 83.7 Å². The van der Waals surface area contributed by atoms with Crippen LogP contribution in [0.15, 0.2) is 0 Å².